The lowest BCUT2D eigenvalue weighted by Crippen LogP contribution is -2.09. The molecule has 0 aromatic heterocycles. The van der Waals surface area contributed by atoms with Gasteiger partial charge in [0.25, 0.3) is 0 Å². The number of para-hydroxylation sites is 1. The molecule has 0 unspecified atom stereocenters. The second-order valence-electron chi connectivity index (χ2n) is 3.79. The molecular formula is C13H11NO5. The molecule has 0 aliphatic rings. The minimum atomic E-state index is -0.816. The van der Waals surface area contributed by atoms with Gasteiger partial charge in [0.2, 0.25) is 0 Å². The highest BCUT2D eigenvalue weighted by Crippen LogP contribution is 2.33. The van der Waals surface area contributed by atoms with Gasteiger partial charge in [0.05, 0.1) is 11.3 Å². The summed E-state index contributed by atoms with van der Waals surface area (Å²) in [6.45, 7) is 0. The Kier molecular flexibility index (Phi) is 3.15. The lowest BCUT2D eigenvalue weighted by Gasteiger charge is -2.09. The molecule has 2 aromatic rings. The largest absolute Gasteiger partial charge is 0.504 e. The van der Waals surface area contributed by atoms with Crippen molar-refractivity contribution in [1.29, 1.82) is 0 Å². The molecule has 0 aliphatic carbocycles. The van der Waals surface area contributed by atoms with E-state index in [1.165, 1.54) is 24.3 Å². The number of hydrogen-bond acceptors (Lipinski definition) is 6. The van der Waals surface area contributed by atoms with E-state index in [2.05, 4.69) is 0 Å². The Hall–Kier alpha value is -2.89. The van der Waals surface area contributed by atoms with E-state index < -0.39 is 11.7 Å². The number of nitrogens with two attached hydrogens (primary N) is 1. The van der Waals surface area contributed by atoms with Crippen molar-refractivity contribution in [2.24, 2.45) is 0 Å². The number of hydrogen-bond donors (Lipinski definition) is 4. The quantitative estimate of drug-likeness (QED) is 0.283. The average molecular weight is 261 g/mol. The SMILES string of the molecule is Nc1cccc(O)c1OC(=O)c1ccc(O)c(O)c1. The Balaban J connectivity index is 2.28. The standard InChI is InChI=1S/C13H11NO5/c14-8-2-1-3-10(16)12(8)19-13(18)7-4-5-9(15)11(17)6-7/h1-6,15-17H,14H2. The van der Waals surface area contributed by atoms with Crippen LogP contribution in [0.15, 0.2) is 36.4 Å². The third kappa shape index (κ3) is 2.52. The molecule has 2 rings (SSSR count). The summed E-state index contributed by atoms with van der Waals surface area (Å²) >= 11 is 0. The summed E-state index contributed by atoms with van der Waals surface area (Å²) in [6.07, 6.45) is 0. The Morgan fingerprint density at radius 2 is 1.74 bits per heavy atom. The number of carbonyl (C=O) groups is 1. The first-order valence-electron chi connectivity index (χ1n) is 5.30. The summed E-state index contributed by atoms with van der Waals surface area (Å²) in [6, 6.07) is 7.78. The highest BCUT2D eigenvalue weighted by atomic mass is 16.5. The Bertz CT molecular complexity index is 619. The Morgan fingerprint density at radius 1 is 1.00 bits per heavy atom. The summed E-state index contributed by atoms with van der Waals surface area (Å²) in [5.74, 6) is -2.03. The Morgan fingerprint density at radius 3 is 2.37 bits per heavy atom. The lowest BCUT2D eigenvalue weighted by molar-refractivity contribution is 0.0730. The van der Waals surface area contributed by atoms with Crippen LogP contribution >= 0.6 is 0 Å². The lowest BCUT2D eigenvalue weighted by atomic mass is 10.2. The van der Waals surface area contributed by atoms with Crippen LogP contribution in [0.2, 0.25) is 0 Å². The van der Waals surface area contributed by atoms with E-state index >= 15 is 0 Å². The van der Waals surface area contributed by atoms with Gasteiger partial charge in [0.1, 0.15) is 0 Å². The molecule has 98 valence electrons. The van der Waals surface area contributed by atoms with E-state index in [0.717, 1.165) is 12.1 Å². The molecule has 0 amide bonds. The van der Waals surface area contributed by atoms with E-state index in [0.29, 0.717) is 0 Å². The molecule has 0 spiro atoms. The molecule has 0 saturated heterocycles. The maximum atomic E-state index is 11.8. The summed E-state index contributed by atoms with van der Waals surface area (Å²) in [5.41, 5.74) is 5.69. The number of anilines is 1. The number of phenols is 3. The van der Waals surface area contributed by atoms with Crippen LogP contribution in [0, 0.1) is 0 Å². The van der Waals surface area contributed by atoms with Gasteiger partial charge in [-0.2, -0.15) is 0 Å². The second-order valence-corrected chi connectivity index (χ2v) is 3.79. The first-order valence-corrected chi connectivity index (χ1v) is 5.30. The van der Waals surface area contributed by atoms with Crippen molar-refractivity contribution in [1.82, 2.24) is 0 Å². The molecule has 5 N–H and O–H groups in total. The summed E-state index contributed by atoms with van der Waals surface area (Å²) in [5, 5.41) is 28.0. The van der Waals surface area contributed by atoms with Gasteiger partial charge < -0.3 is 25.8 Å². The predicted octanol–water partition coefficient (Wildman–Crippen LogP) is 1.60. The number of nitrogen functional groups attached to an aromatic ring is 1. The van der Waals surface area contributed by atoms with Crippen LogP contribution in [0.1, 0.15) is 10.4 Å². The number of benzene rings is 2. The van der Waals surface area contributed by atoms with E-state index in [9.17, 15) is 15.0 Å². The number of aromatic hydroxyl groups is 3. The minimum absolute atomic E-state index is 0.0120. The molecule has 0 heterocycles. The smallest absolute Gasteiger partial charge is 0.343 e. The van der Waals surface area contributed by atoms with Crippen LogP contribution in [0.25, 0.3) is 0 Å². The van der Waals surface area contributed by atoms with Gasteiger partial charge in [0, 0.05) is 0 Å². The normalized spacial score (nSPS) is 10.1. The van der Waals surface area contributed by atoms with E-state index in [1.807, 2.05) is 0 Å². The maximum absolute atomic E-state index is 11.8. The molecule has 6 nitrogen and oxygen atoms in total. The number of ether oxygens (including phenoxy) is 1. The Labute approximate surface area is 108 Å². The molecule has 0 aliphatic heterocycles. The first kappa shape index (κ1) is 12.6. The van der Waals surface area contributed by atoms with Crippen molar-refractivity contribution in [3.05, 3.63) is 42.0 Å². The third-order valence-corrected chi connectivity index (χ3v) is 2.43. The minimum Gasteiger partial charge on any atom is -0.504 e. The second kappa shape index (κ2) is 4.77. The summed E-state index contributed by atoms with van der Waals surface area (Å²) < 4.78 is 4.95. The van der Waals surface area contributed by atoms with Crippen LogP contribution in [0.4, 0.5) is 5.69 Å². The van der Waals surface area contributed by atoms with Gasteiger partial charge in [-0.15, -0.1) is 0 Å². The highest BCUT2D eigenvalue weighted by Gasteiger charge is 2.15. The number of carbonyl (C=O) groups excluding carboxylic acids is 1. The van der Waals surface area contributed by atoms with Gasteiger partial charge >= 0.3 is 5.97 Å². The van der Waals surface area contributed by atoms with E-state index in [4.69, 9.17) is 15.6 Å². The van der Waals surface area contributed by atoms with Gasteiger partial charge in [-0.3, -0.25) is 0 Å². The molecule has 0 atom stereocenters. The maximum Gasteiger partial charge on any atom is 0.343 e. The fourth-order valence-corrected chi connectivity index (χ4v) is 1.46. The van der Waals surface area contributed by atoms with Gasteiger partial charge in [-0.25, -0.2) is 4.79 Å². The van der Waals surface area contributed by atoms with Gasteiger partial charge in [0.15, 0.2) is 23.0 Å². The molecule has 19 heavy (non-hydrogen) atoms. The zero-order valence-electron chi connectivity index (χ0n) is 9.70. The van der Waals surface area contributed by atoms with Gasteiger partial charge in [-0.1, -0.05) is 6.07 Å². The van der Waals surface area contributed by atoms with Crippen LogP contribution in [-0.2, 0) is 0 Å². The van der Waals surface area contributed by atoms with E-state index in [-0.39, 0.29) is 28.5 Å². The molecule has 0 bridgehead atoms. The first-order chi connectivity index (χ1) is 8.99. The number of phenolic OH excluding ortho intramolecular Hbond substituents is 3. The van der Waals surface area contributed by atoms with Gasteiger partial charge in [-0.05, 0) is 30.3 Å². The molecule has 0 saturated carbocycles. The van der Waals surface area contributed by atoms with E-state index in [1.54, 1.807) is 0 Å². The molecule has 2 aromatic carbocycles. The molecule has 6 heteroatoms. The van der Waals surface area contributed by atoms with Crippen LogP contribution in [0.5, 0.6) is 23.0 Å². The molecule has 0 radical (unpaired) electrons. The predicted molar refractivity (Wildman–Crippen MR) is 67.2 cm³/mol. The fraction of sp³-hybridized carbons (Fsp3) is 0. The zero-order chi connectivity index (χ0) is 14.0. The molecular weight excluding hydrogens is 250 g/mol. The van der Waals surface area contributed by atoms with Crippen molar-refractivity contribution >= 4 is 11.7 Å². The number of rotatable bonds is 2. The van der Waals surface area contributed by atoms with Crippen molar-refractivity contribution in [3.8, 4) is 23.0 Å². The van der Waals surface area contributed by atoms with Crippen LogP contribution in [0.3, 0.4) is 0 Å². The average Bonchev–Trinajstić information content (AvgIpc) is 2.37. The number of esters is 1. The van der Waals surface area contributed by atoms with Crippen molar-refractivity contribution in [2.75, 3.05) is 5.73 Å². The highest BCUT2D eigenvalue weighted by molar-refractivity contribution is 5.92. The summed E-state index contributed by atoms with van der Waals surface area (Å²) in [4.78, 5) is 11.8. The summed E-state index contributed by atoms with van der Waals surface area (Å²) in [7, 11) is 0. The third-order valence-electron chi connectivity index (χ3n) is 2.43. The van der Waals surface area contributed by atoms with Crippen molar-refractivity contribution < 1.29 is 24.9 Å². The van der Waals surface area contributed by atoms with Crippen molar-refractivity contribution in [3.63, 3.8) is 0 Å². The van der Waals surface area contributed by atoms with Crippen molar-refractivity contribution in [2.45, 2.75) is 0 Å². The molecule has 0 fully saturated rings. The van der Waals surface area contributed by atoms with Crippen LogP contribution < -0.4 is 10.5 Å². The fourth-order valence-electron chi connectivity index (χ4n) is 1.46. The zero-order valence-corrected chi connectivity index (χ0v) is 9.70. The van der Waals surface area contributed by atoms with Crippen LogP contribution in [-0.4, -0.2) is 21.3 Å². The topological polar surface area (TPSA) is 113 Å². The monoisotopic (exact) mass is 261 g/mol.